The van der Waals surface area contributed by atoms with Crippen molar-refractivity contribution in [3.8, 4) is 5.75 Å². The second-order valence-corrected chi connectivity index (χ2v) is 5.19. The minimum absolute atomic E-state index is 0. The summed E-state index contributed by atoms with van der Waals surface area (Å²) in [5, 5.41) is 2.75. The fraction of sp³-hybridized carbons (Fsp3) is 0.538. The molecule has 7 heteroatoms. The summed E-state index contributed by atoms with van der Waals surface area (Å²) < 4.78 is 5.54. The molecule has 0 fully saturated rings. The fourth-order valence-electron chi connectivity index (χ4n) is 1.30. The van der Waals surface area contributed by atoms with Gasteiger partial charge in [-0.2, -0.15) is 0 Å². The number of carbonyl (C=O) groups is 1. The van der Waals surface area contributed by atoms with Gasteiger partial charge in [-0.3, -0.25) is 4.79 Å². The third-order valence-corrected chi connectivity index (χ3v) is 2.05. The van der Waals surface area contributed by atoms with E-state index in [0.717, 1.165) is 0 Å². The highest BCUT2D eigenvalue weighted by atomic mass is 35.5. The Balaban J connectivity index is 0. The van der Waals surface area contributed by atoms with Gasteiger partial charge in [-0.05, 0) is 39.8 Å². The maximum Gasteiger partial charge on any atom is 0.273 e. The number of carbonyl (C=O) groups excluding carboxylic acids is 1. The average Bonchev–Trinajstić information content (AvgIpc) is 2.25. The van der Waals surface area contributed by atoms with Crippen LogP contribution in [-0.2, 0) is 0 Å². The molecule has 5 nitrogen and oxygen atoms in total. The molecule has 0 saturated heterocycles. The molecule has 1 rings (SSSR count). The molecule has 0 unspecified atom stereocenters. The molecule has 0 aromatic carbocycles. The third-order valence-electron chi connectivity index (χ3n) is 2.05. The van der Waals surface area contributed by atoms with Crippen LogP contribution in [-0.4, -0.2) is 29.1 Å². The maximum atomic E-state index is 12.0. The standard InChI is InChI=1S/C13H21N3O2.2ClH/c1-9(2)18-10-6-5-7-15-11(10)12(17)16-8-13(3,4)14;;/h5-7,9H,8,14H2,1-4H3,(H,16,17);2*1H. The first-order valence-electron chi connectivity index (χ1n) is 5.98. The van der Waals surface area contributed by atoms with Gasteiger partial charge >= 0.3 is 0 Å². The summed E-state index contributed by atoms with van der Waals surface area (Å²) in [5.41, 5.74) is 5.65. The zero-order chi connectivity index (χ0) is 13.8. The van der Waals surface area contributed by atoms with E-state index in [1.807, 2.05) is 27.7 Å². The quantitative estimate of drug-likeness (QED) is 0.870. The number of ether oxygens (including phenoxy) is 1. The molecular weight excluding hydrogens is 301 g/mol. The molecule has 1 amide bonds. The summed E-state index contributed by atoms with van der Waals surface area (Å²) in [7, 11) is 0. The Morgan fingerprint density at radius 3 is 2.55 bits per heavy atom. The molecule has 1 heterocycles. The Kier molecular flexibility index (Phi) is 9.57. The largest absolute Gasteiger partial charge is 0.489 e. The Morgan fingerprint density at radius 2 is 2.05 bits per heavy atom. The van der Waals surface area contributed by atoms with E-state index >= 15 is 0 Å². The molecule has 3 N–H and O–H groups in total. The molecule has 0 spiro atoms. The van der Waals surface area contributed by atoms with E-state index in [4.69, 9.17) is 10.5 Å². The number of halogens is 2. The van der Waals surface area contributed by atoms with Gasteiger partial charge in [0.15, 0.2) is 11.4 Å². The number of hydrogen-bond donors (Lipinski definition) is 2. The summed E-state index contributed by atoms with van der Waals surface area (Å²) in [6.07, 6.45) is 1.56. The van der Waals surface area contributed by atoms with Crippen LogP contribution in [0.3, 0.4) is 0 Å². The zero-order valence-corrected chi connectivity index (χ0v) is 13.8. The molecule has 0 aliphatic rings. The van der Waals surface area contributed by atoms with Crippen molar-refractivity contribution in [2.75, 3.05) is 6.54 Å². The van der Waals surface area contributed by atoms with Crippen LogP contribution >= 0.6 is 24.8 Å². The van der Waals surface area contributed by atoms with Crippen LogP contribution in [0.5, 0.6) is 5.75 Å². The van der Waals surface area contributed by atoms with Crippen LogP contribution < -0.4 is 15.8 Å². The summed E-state index contributed by atoms with van der Waals surface area (Å²) >= 11 is 0. The van der Waals surface area contributed by atoms with Crippen LogP contribution in [0.4, 0.5) is 0 Å². The van der Waals surface area contributed by atoms with Gasteiger partial charge in [0.25, 0.3) is 5.91 Å². The van der Waals surface area contributed by atoms with Crippen molar-refractivity contribution >= 4 is 30.7 Å². The van der Waals surface area contributed by atoms with Crippen LogP contribution in [0.25, 0.3) is 0 Å². The third kappa shape index (κ3) is 7.53. The Labute approximate surface area is 132 Å². The molecule has 20 heavy (non-hydrogen) atoms. The predicted molar refractivity (Wildman–Crippen MR) is 85.1 cm³/mol. The van der Waals surface area contributed by atoms with Gasteiger partial charge in [0.05, 0.1) is 6.10 Å². The molecule has 0 atom stereocenters. The lowest BCUT2D eigenvalue weighted by atomic mass is 10.1. The topological polar surface area (TPSA) is 77.2 Å². The highest BCUT2D eigenvalue weighted by molar-refractivity contribution is 5.94. The van der Waals surface area contributed by atoms with Gasteiger partial charge in [-0.1, -0.05) is 0 Å². The van der Waals surface area contributed by atoms with E-state index in [1.165, 1.54) is 0 Å². The van der Waals surface area contributed by atoms with E-state index in [9.17, 15) is 4.79 Å². The zero-order valence-electron chi connectivity index (χ0n) is 12.2. The van der Waals surface area contributed by atoms with Gasteiger partial charge in [0.2, 0.25) is 0 Å². The van der Waals surface area contributed by atoms with Crippen LogP contribution in [0.1, 0.15) is 38.2 Å². The maximum absolute atomic E-state index is 12.0. The second-order valence-electron chi connectivity index (χ2n) is 5.19. The van der Waals surface area contributed by atoms with E-state index in [-0.39, 0.29) is 42.5 Å². The normalized spacial score (nSPS) is 10.3. The van der Waals surface area contributed by atoms with E-state index in [1.54, 1.807) is 18.3 Å². The van der Waals surface area contributed by atoms with Crippen molar-refractivity contribution in [2.45, 2.75) is 39.3 Å². The first-order valence-corrected chi connectivity index (χ1v) is 5.98. The summed E-state index contributed by atoms with van der Waals surface area (Å²) in [6, 6.07) is 3.47. The lowest BCUT2D eigenvalue weighted by Crippen LogP contribution is -2.45. The number of nitrogens with two attached hydrogens (primary N) is 1. The smallest absolute Gasteiger partial charge is 0.273 e. The highest BCUT2D eigenvalue weighted by Crippen LogP contribution is 2.16. The van der Waals surface area contributed by atoms with E-state index in [0.29, 0.717) is 12.3 Å². The molecule has 1 aromatic heterocycles. The number of hydrogen-bond acceptors (Lipinski definition) is 4. The van der Waals surface area contributed by atoms with Crippen LogP contribution in [0, 0.1) is 0 Å². The first kappa shape index (κ1) is 21.3. The number of rotatable bonds is 5. The van der Waals surface area contributed by atoms with Gasteiger partial charge in [-0.25, -0.2) is 4.98 Å². The minimum Gasteiger partial charge on any atom is -0.489 e. The van der Waals surface area contributed by atoms with Gasteiger partial charge in [0.1, 0.15) is 0 Å². The molecule has 1 aromatic rings. The molecule has 0 bridgehead atoms. The minimum atomic E-state index is -0.455. The van der Waals surface area contributed by atoms with Crippen molar-refractivity contribution in [2.24, 2.45) is 5.73 Å². The second kappa shape index (κ2) is 9.00. The van der Waals surface area contributed by atoms with E-state index in [2.05, 4.69) is 10.3 Å². The number of nitrogens with one attached hydrogen (secondary N) is 1. The summed E-state index contributed by atoms with van der Waals surface area (Å²) in [6.45, 7) is 7.87. The summed E-state index contributed by atoms with van der Waals surface area (Å²) in [5.74, 6) is 0.213. The van der Waals surface area contributed by atoms with Gasteiger partial charge < -0.3 is 15.8 Å². The number of amides is 1. The SMILES string of the molecule is CC(C)Oc1cccnc1C(=O)NCC(C)(C)N.Cl.Cl. The average molecular weight is 324 g/mol. The highest BCUT2D eigenvalue weighted by Gasteiger charge is 2.17. The van der Waals surface area contributed by atoms with Crippen LogP contribution in [0.2, 0.25) is 0 Å². The van der Waals surface area contributed by atoms with Crippen molar-refractivity contribution in [3.63, 3.8) is 0 Å². The first-order chi connectivity index (χ1) is 8.29. The molecular formula is C13H23Cl2N3O2. The van der Waals surface area contributed by atoms with Crippen molar-refractivity contribution < 1.29 is 9.53 Å². The molecule has 0 aliphatic carbocycles. The number of pyridine rings is 1. The van der Waals surface area contributed by atoms with Crippen molar-refractivity contribution in [1.82, 2.24) is 10.3 Å². The van der Waals surface area contributed by atoms with Crippen LogP contribution in [0.15, 0.2) is 18.3 Å². The molecule has 0 radical (unpaired) electrons. The lowest BCUT2D eigenvalue weighted by molar-refractivity contribution is 0.0934. The van der Waals surface area contributed by atoms with Gasteiger partial charge in [0, 0.05) is 18.3 Å². The molecule has 0 saturated carbocycles. The predicted octanol–water partition coefficient (Wildman–Crippen LogP) is 2.18. The lowest BCUT2D eigenvalue weighted by Gasteiger charge is -2.19. The molecule has 116 valence electrons. The number of aromatic nitrogens is 1. The Morgan fingerprint density at radius 1 is 1.45 bits per heavy atom. The van der Waals surface area contributed by atoms with Crippen molar-refractivity contribution in [1.29, 1.82) is 0 Å². The monoisotopic (exact) mass is 323 g/mol. The van der Waals surface area contributed by atoms with E-state index < -0.39 is 5.54 Å². The Bertz CT molecular complexity index is 420. The van der Waals surface area contributed by atoms with Crippen molar-refractivity contribution in [3.05, 3.63) is 24.0 Å². The summed E-state index contributed by atoms with van der Waals surface area (Å²) in [4.78, 5) is 16.0. The van der Waals surface area contributed by atoms with Gasteiger partial charge in [-0.15, -0.1) is 24.8 Å². The fourth-order valence-corrected chi connectivity index (χ4v) is 1.30. The molecule has 0 aliphatic heterocycles. The Hall–Kier alpha value is -1.04. The number of nitrogens with zero attached hydrogens (tertiary/aromatic N) is 1.